The first-order valence-electron chi connectivity index (χ1n) is 9.93. The van der Waals surface area contributed by atoms with Crippen molar-refractivity contribution in [1.29, 1.82) is 10.5 Å². The number of anilines is 1. The van der Waals surface area contributed by atoms with Crippen molar-refractivity contribution in [3.05, 3.63) is 64.2 Å². The second-order valence-corrected chi connectivity index (χ2v) is 8.48. The van der Waals surface area contributed by atoms with Crippen molar-refractivity contribution in [1.82, 2.24) is 0 Å². The first kappa shape index (κ1) is 33.9. The Hall–Kier alpha value is -3.10. The maximum absolute atomic E-state index is 12.7. The van der Waals surface area contributed by atoms with E-state index in [1.54, 1.807) is 0 Å². The molecule has 3 N–H and O–H groups in total. The van der Waals surface area contributed by atoms with E-state index in [0.717, 1.165) is 24.3 Å². The van der Waals surface area contributed by atoms with Gasteiger partial charge in [0.05, 0.1) is 40.8 Å². The van der Waals surface area contributed by atoms with E-state index in [1.165, 1.54) is 24.3 Å². The smallest absolute Gasteiger partial charge is 0.417 e. The number of nitriles is 2. The molecular formula is C23H19Br2F6N3O3. The molecule has 0 radical (unpaired) electrons. The average Bonchev–Trinajstić information content (AvgIpc) is 2.79. The molecule has 14 heteroatoms. The number of ketones is 1. The second kappa shape index (κ2) is 15.9. The number of carboxylic acids is 1. The highest BCUT2D eigenvalue weighted by molar-refractivity contribution is 9.09. The van der Waals surface area contributed by atoms with Crippen molar-refractivity contribution in [2.45, 2.75) is 31.6 Å². The van der Waals surface area contributed by atoms with Crippen LogP contribution in [0.5, 0.6) is 0 Å². The fraction of sp³-hybridized carbons (Fsp3) is 0.304. The van der Waals surface area contributed by atoms with Gasteiger partial charge in [0, 0.05) is 29.2 Å². The van der Waals surface area contributed by atoms with E-state index in [-0.39, 0.29) is 36.3 Å². The molecule has 0 aromatic heterocycles. The molecule has 0 unspecified atom stereocenters. The summed E-state index contributed by atoms with van der Waals surface area (Å²) in [6.07, 6.45) is -8.69. The van der Waals surface area contributed by atoms with Crippen LogP contribution in [0.3, 0.4) is 0 Å². The zero-order valence-electron chi connectivity index (χ0n) is 18.8. The Morgan fingerprint density at radius 1 is 0.838 bits per heavy atom. The van der Waals surface area contributed by atoms with Crippen LogP contribution >= 0.6 is 31.9 Å². The lowest BCUT2D eigenvalue weighted by Crippen LogP contribution is -2.10. The van der Waals surface area contributed by atoms with Gasteiger partial charge in [0.1, 0.15) is 5.78 Å². The predicted octanol–water partition coefficient (Wildman–Crippen LogP) is 6.49. The molecule has 0 saturated carbocycles. The van der Waals surface area contributed by atoms with Crippen LogP contribution in [0.1, 0.15) is 40.7 Å². The molecule has 37 heavy (non-hydrogen) atoms. The zero-order valence-corrected chi connectivity index (χ0v) is 21.9. The van der Waals surface area contributed by atoms with E-state index in [9.17, 15) is 35.9 Å². The number of halogens is 8. The van der Waals surface area contributed by atoms with Gasteiger partial charge in [0.15, 0.2) is 0 Å². The van der Waals surface area contributed by atoms with E-state index in [4.69, 9.17) is 21.4 Å². The molecule has 0 amide bonds. The Kier molecular flexibility index (Phi) is 14.6. The van der Waals surface area contributed by atoms with Crippen molar-refractivity contribution in [3.63, 3.8) is 0 Å². The van der Waals surface area contributed by atoms with Crippen molar-refractivity contribution in [3.8, 4) is 12.1 Å². The van der Waals surface area contributed by atoms with Gasteiger partial charge in [-0.15, -0.1) is 0 Å². The fourth-order valence-corrected chi connectivity index (χ4v) is 3.21. The predicted molar refractivity (Wildman–Crippen MR) is 130 cm³/mol. The summed E-state index contributed by atoms with van der Waals surface area (Å²) < 4.78 is 74.6. The number of alkyl halides is 8. The average molecular weight is 659 g/mol. The number of rotatable bonds is 6. The topological polar surface area (TPSA) is 128 Å². The van der Waals surface area contributed by atoms with Crippen LogP contribution in [-0.4, -0.2) is 27.5 Å². The minimum Gasteiger partial charge on any atom is -0.481 e. The lowest BCUT2D eigenvalue weighted by molar-refractivity contribution is -0.138. The monoisotopic (exact) mass is 657 g/mol. The molecule has 0 saturated heterocycles. The normalized spacial score (nSPS) is 10.5. The third-order valence-electron chi connectivity index (χ3n) is 4.06. The SMILES string of the molecule is N#Cc1ccc(CC(=O)CCBr)cc1C(F)(F)F.N#Cc1ccc(N)cc1C(F)(F)F.O=C(O)CCBr. The minimum absolute atomic E-state index is 0.00803. The molecular weight excluding hydrogens is 640 g/mol. The Balaban J connectivity index is 0.000000594. The quantitative estimate of drug-likeness (QED) is 0.208. The molecule has 2 aromatic carbocycles. The summed E-state index contributed by atoms with van der Waals surface area (Å²) in [5.41, 5.74) is 2.60. The molecule has 0 bridgehead atoms. The standard InChI is InChI=1S/C12H9BrF3NO.C8H5F3N2.C3H5BrO2/c13-4-3-10(18)5-8-1-2-9(7-17)11(6-8)12(14,15)16;9-8(10,11)7-3-6(13)2-1-5(7)4-12;4-2-1-3(5)6/h1-2,6H,3-5H2;1-3H,13H2;1-2H2,(H,5,6). The molecule has 2 rings (SSSR count). The molecule has 2 aromatic rings. The van der Waals surface area contributed by atoms with Gasteiger partial charge < -0.3 is 10.8 Å². The zero-order chi connectivity index (χ0) is 28.8. The van der Waals surface area contributed by atoms with Crippen LogP contribution in [-0.2, 0) is 28.4 Å². The Bertz CT molecular complexity index is 1160. The molecule has 200 valence electrons. The van der Waals surface area contributed by atoms with Gasteiger partial charge in [0.25, 0.3) is 0 Å². The molecule has 6 nitrogen and oxygen atoms in total. The van der Waals surface area contributed by atoms with Gasteiger partial charge in [-0.25, -0.2) is 0 Å². The van der Waals surface area contributed by atoms with Gasteiger partial charge >= 0.3 is 18.3 Å². The number of nitrogens with two attached hydrogens (primary N) is 1. The van der Waals surface area contributed by atoms with Crippen molar-refractivity contribution in [2.24, 2.45) is 0 Å². The van der Waals surface area contributed by atoms with Gasteiger partial charge in [-0.2, -0.15) is 36.9 Å². The van der Waals surface area contributed by atoms with E-state index in [0.29, 0.717) is 10.7 Å². The van der Waals surface area contributed by atoms with Gasteiger partial charge in [-0.05, 0) is 35.9 Å². The number of benzene rings is 2. The Labute approximate surface area is 224 Å². The number of hydrogen-bond donors (Lipinski definition) is 2. The molecule has 0 spiro atoms. The number of carboxylic acid groups (broad SMARTS) is 1. The summed E-state index contributed by atoms with van der Waals surface area (Å²) >= 11 is 6.06. The van der Waals surface area contributed by atoms with Gasteiger partial charge in [0.2, 0.25) is 0 Å². The van der Waals surface area contributed by atoms with E-state index < -0.39 is 40.6 Å². The molecule has 0 aliphatic heterocycles. The molecule has 0 aliphatic rings. The largest absolute Gasteiger partial charge is 0.481 e. The summed E-state index contributed by atoms with van der Waals surface area (Å²) in [6.45, 7) is 0. The maximum atomic E-state index is 12.7. The fourth-order valence-electron chi connectivity index (χ4n) is 2.43. The highest BCUT2D eigenvalue weighted by Gasteiger charge is 2.34. The molecule has 0 fully saturated rings. The number of carbonyl (C=O) groups is 2. The lowest BCUT2D eigenvalue weighted by Gasteiger charge is -2.10. The number of Topliss-reactive ketones (excluding diaryl/α,β-unsaturated/α-hetero) is 1. The third kappa shape index (κ3) is 13.1. The first-order chi connectivity index (χ1) is 17.1. The van der Waals surface area contributed by atoms with Crippen LogP contribution in [0.15, 0.2) is 36.4 Å². The maximum Gasteiger partial charge on any atom is 0.417 e. The molecule has 0 aliphatic carbocycles. The molecule has 0 heterocycles. The summed E-state index contributed by atoms with van der Waals surface area (Å²) in [6, 6.07) is 9.35. The number of nitrogen functional groups attached to an aromatic ring is 1. The van der Waals surface area contributed by atoms with Crippen molar-refractivity contribution in [2.75, 3.05) is 16.4 Å². The van der Waals surface area contributed by atoms with E-state index >= 15 is 0 Å². The Morgan fingerprint density at radius 2 is 1.30 bits per heavy atom. The lowest BCUT2D eigenvalue weighted by atomic mass is 10.0. The summed E-state index contributed by atoms with van der Waals surface area (Å²) in [4.78, 5) is 20.9. The van der Waals surface area contributed by atoms with Gasteiger partial charge in [-0.1, -0.05) is 37.9 Å². The minimum atomic E-state index is -4.58. The van der Waals surface area contributed by atoms with Gasteiger partial charge in [-0.3, -0.25) is 9.59 Å². The van der Waals surface area contributed by atoms with Crippen molar-refractivity contribution < 1.29 is 41.0 Å². The van der Waals surface area contributed by atoms with Crippen LogP contribution in [0.2, 0.25) is 0 Å². The second-order valence-electron chi connectivity index (χ2n) is 6.89. The first-order valence-corrected chi connectivity index (χ1v) is 12.2. The number of hydrogen-bond acceptors (Lipinski definition) is 5. The highest BCUT2D eigenvalue weighted by atomic mass is 79.9. The summed E-state index contributed by atoms with van der Waals surface area (Å²) in [5, 5.41) is 25.9. The molecule has 0 atom stereocenters. The number of aliphatic carboxylic acids is 1. The summed E-state index contributed by atoms with van der Waals surface area (Å²) in [5.74, 6) is -0.906. The summed E-state index contributed by atoms with van der Waals surface area (Å²) in [7, 11) is 0. The van der Waals surface area contributed by atoms with Crippen LogP contribution in [0.4, 0.5) is 32.0 Å². The van der Waals surface area contributed by atoms with E-state index in [1.807, 2.05) is 0 Å². The Morgan fingerprint density at radius 3 is 1.68 bits per heavy atom. The van der Waals surface area contributed by atoms with Crippen LogP contribution < -0.4 is 5.73 Å². The van der Waals surface area contributed by atoms with Crippen LogP contribution in [0.25, 0.3) is 0 Å². The van der Waals surface area contributed by atoms with E-state index in [2.05, 4.69) is 31.9 Å². The number of nitrogens with zero attached hydrogens (tertiary/aromatic N) is 2. The third-order valence-corrected chi connectivity index (χ3v) is 4.86. The van der Waals surface area contributed by atoms with Crippen molar-refractivity contribution >= 4 is 49.3 Å². The number of carbonyl (C=O) groups excluding carboxylic acids is 1. The van der Waals surface area contributed by atoms with Crippen LogP contribution in [0, 0.1) is 22.7 Å². The highest BCUT2D eigenvalue weighted by Crippen LogP contribution is 2.33.